The number of rotatable bonds is 7. The van der Waals surface area contributed by atoms with Crippen molar-refractivity contribution in [3.05, 3.63) is 100 Å². The summed E-state index contributed by atoms with van der Waals surface area (Å²) in [5.74, 6) is -3.96. The second-order valence-electron chi connectivity index (χ2n) is 7.08. The third-order valence-corrected chi connectivity index (χ3v) is 4.81. The molecule has 3 N–H and O–H groups in total. The van der Waals surface area contributed by atoms with Crippen LogP contribution in [0, 0.1) is 5.82 Å². The van der Waals surface area contributed by atoms with Gasteiger partial charge in [0.05, 0.1) is 0 Å². The van der Waals surface area contributed by atoms with Gasteiger partial charge in [0, 0.05) is 17.7 Å². The van der Waals surface area contributed by atoms with Crippen molar-refractivity contribution in [2.75, 3.05) is 0 Å². The lowest BCUT2D eigenvalue weighted by Crippen LogP contribution is -2.10. The van der Waals surface area contributed by atoms with Crippen molar-refractivity contribution in [1.29, 1.82) is 0 Å². The maximum absolute atomic E-state index is 13.3. The van der Waals surface area contributed by atoms with Crippen LogP contribution in [0.15, 0.2) is 88.0 Å². The molecule has 1 aromatic heterocycles. The Morgan fingerprint density at radius 2 is 1.76 bits per heavy atom. The van der Waals surface area contributed by atoms with Crippen molar-refractivity contribution >= 4 is 16.9 Å². The molecule has 0 bridgehead atoms. The fourth-order valence-corrected chi connectivity index (χ4v) is 3.20. The highest BCUT2D eigenvalue weighted by atomic mass is 19.1. The molecule has 4 aromatic rings. The Hall–Kier alpha value is -4.79. The number of halogens is 1. The molecule has 0 saturated heterocycles. The first-order valence-corrected chi connectivity index (χ1v) is 9.89. The SMILES string of the molecule is O=C(O)C(=CO)Oc1c(OCc2ccccc2)cc(O)c2c(=O)cc(-c3ccc(F)cc3)oc12. The van der Waals surface area contributed by atoms with Crippen LogP contribution >= 0.6 is 0 Å². The molecule has 0 radical (unpaired) electrons. The summed E-state index contributed by atoms with van der Waals surface area (Å²) >= 11 is 0. The number of aliphatic carboxylic acids is 1. The van der Waals surface area contributed by atoms with Crippen LogP contribution in [-0.2, 0) is 11.4 Å². The first-order valence-electron chi connectivity index (χ1n) is 9.89. The van der Waals surface area contributed by atoms with E-state index in [-0.39, 0.29) is 41.1 Å². The van der Waals surface area contributed by atoms with Gasteiger partial charge in [-0.3, -0.25) is 4.79 Å². The minimum Gasteiger partial charge on any atom is -0.511 e. The predicted octanol–water partition coefficient (Wildman–Crippen LogP) is 4.75. The van der Waals surface area contributed by atoms with Gasteiger partial charge in [-0.05, 0) is 29.8 Å². The summed E-state index contributed by atoms with van der Waals surface area (Å²) in [5.41, 5.74) is 0.112. The third kappa shape index (κ3) is 4.53. The minimum absolute atomic E-state index is 0.00631. The Kier molecular flexibility index (Phi) is 6.18. The Morgan fingerprint density at radius 1 is 1.06 bits per heavy atom. The van der Waals surface area contributed by atoms with Crippen LogP contribution in [0.2, 0.25) is 0 Å². The van der Waals surface area contributed by atoms with Gasteiger partial charge in [0.25, 0.3) is 0 Å². The van der Waals surface area contributed by atoms with Gasteiger partial charge in [-0.1, -0.05) is 30.3 Å². The van der Waals surface area contributed by atoms with Gasteiger partial charge >= 0.3 is 5.97 Å². The number of hydrogen-bond donors (Lipinski definition) is 3. The normalized spacial score (nSPS) is 11.4. The monoisotopic (exact) mass is 464 g/mol. The number of carboxylic acid groups (broad SMARTS) is 1. The van der Waals surface area contributed by atoms with Crippen LogP contribution in [0.3, 0.4) is 0 Å². The number of aliphatic hydroxyl groups is 1. The van der Waals surface area contributed by atoms with Gasteiger partial charge in [0.1, 0.15) is 35.6 Å². The van der Waals surface area contributed by atoms with Crippen LogP contribution in [-0.4, -0.2) is 21.3 Å². The molecule has 0 aliphatic carbocycles. The highest BCUT2D eigenvalue weighted by molar-refractivity contribution is 5.93. The second-order valence-corrected chi connectivity index (χ2v) is 7.08. The van der Waals surface area contributed by atoms with E-state index in [1.807, 2.05) is 6.07 Å². The van der Waals surface area contributed by atoms with E-state index >= 15 is 0 Å². The number of aliphatic hydroxyl groups excluding tert-OH is 1. The van der Waals surface area contributed by atoms with Crippen molar-refractivity contribution in [2.24, 2.45) is 0 Å². The van der Waals surface area contributed by atoms with Crippen molar-refractivity contribution in [2.45, 2.75) is 6.61 Å². The zero-order valence-corrected chi connectivity index (χ0v) is 17.4. The Bertz CT molecular complexity index is 1440. The lowest BCUT2D eigenvalue weighted by atomic mass is 10.1. The highest BCUT2D eigenvalue weighted by Crippen LogP contribution is 2.42. The van der Waals surface area contributed by atoms with E-state index in [0.29, 0.717) is 5.56 Å². The Morgan fingerprint density at radius 3 is 2.41 bits per heavy atom. The molecule has 0 unspecified atom stereocenters. The third-order valence-electron chi connectivity index (χ3n) is 4.81. The summed E-state index contributed by atoms with van der Waals surface area (Å²) in [4.78, 5) is 24.3. The molecule has 0 amide bonds. The number of phenolic OH excluding ortho intramolecular Hbond substituents is 1. The Balaban J connectivity index is 1.92. The molecule has 34 heavy (non-hydrogen) atoms. The fourth-order valence-electron chi connectivity index (χ4n) is 3.20. The van der Waals surface area contributed by atoms with E-state index in [4.69, 9.17) is 13.9 Å². The number of carbonyl (C=O) groups is 1. The van der Waals surface area contributed by atoms with Crippen LogP contribution in [0.25, 0.3) is 22.3 Å². The smallest absolute Gasteiger partial charge is 0.375 e. The van der Waals surface area contributed by atoms with Gasteiger partial charge in [0.15, 0.2) is 16.8 Å². The number of hydrogen-bond acceptors (Lipinski definition) is 7. The van der Waals surface area contributed by atoms with Crippen LogP contribution in [0.1, 0.15) is 5.56 Å². The quantitative estimate of drug-likeness (QED) is 0.264. The maximum Gasteiger partial charge on any atom is 0.375 e. The first kappa shape index (κ1) is 22.4. The molecule has 0 atom stereocenters. The molecular formula is C25H17FO8. The molecule has 1 heterocycles. The van der Waals surface area contributed by atoms with E-state index in [1.165, 1.54) is 24.3 Å². The van der Waals surface area contributed by atoms with E-state index < -0.39 is 28.7 Å². The van der Waals surface area contributed by atoms with Crippen LogP contribution in [0.4, 0.5) is 4.39 Å². The summed E-state index contributed by atoms with van der Waals surface area (Å²) < 4.78 is 30.2. The van der Waals surface area contributed by atoms with Crippen LogP contribution in [0.5, 0.6) is 17.2 Å². The molecule has 0 saturated carbocycles. The summed E-state index contributed by atoms with van der Waals surface area (Å²) in [6.45, 7) is 0.00920. The summed E-state index contributed by atoms with van der Waals surface area (Å²) in [6, 6.07) is 16.3. The Labute approximate surface area is 191 Å². The lowest BCUT2D eigenvalue weighted by Gasteiger charge is -2.15. The minimum atomic E-state index is -1.60. The van der Waals surface area contributed by atoms with Gasteiger partial charge < -0.3 is 29.2 Å². The van der Waals surface area contributed by atoms with E-state index in [0.717, 1.165) is 17.7 Å². The summed E-state index contributed by atoms with van der Waals surface area (Å²) in [6.07, 6.45) is 0.226. The maximum atomic E-state index is 13.3. The van der Waals surface area contributed by atoms with E-state index in [9.17, 15) is 29.3 Å². The molecule has 4 rings (SSSR count). The summed E-state index contributed by atoms with van der Waals surface area (Å²) in [5, 5.41) is 28.8. The van der Waals surface area contributed by atoms with Crippen molar-refractivity contribution < 1.29 is 38.4 Å². The summed E-state index contributed by atoms with van der Waals surface area (Å²) in [7, 11) is 0. The van der Waals surface area contributed by atoms with Crippen molar-refractivity contribution in [1.82, 2.24) is 0 Å². The van der Waals surface area contributed by atoms with E-state index in [2.05, 4.69) is 0 Å². The number of benzene rings is 3. The van der Waals surface area contributed by atoms with Gasteiger partial charge in [-0.25, -0.2) is 9.18 Å². The average molecular weight is 464 g/mol. The lowest BCUT2D eigenvalue weighted by molar-refractivity contribution is -0.135. The molecule has 0 spiro atoms. The van der Waals surface area contributed by atoms with Gasteiger partial charge in [-0.2, -0.15) is 0 Å². The first-order chi connectivity index (χ1) is 16.4. The predicted molar refractivity (Wildman–Crippen MR) is 119 cm³/mol. The standard InChI is InChI=1S/C25H17FO8/c26-16-8-6-15(7-9-16)19-10-17(28)22-18(29)11-20(32-13-14-4-2-1-3-5-14)23(24(22)33-19)34-21(12-27)25(30)31/h1-12,27,29H,13H2,(H,30,31). The molecule has 0 fully saturated rings. The van der Waals surface area contributed by atoms with Gasteiger partial charge in [-0.15, -0.1) is 0 Å². The van der Waals surface area contributed by atoms with E-state index in [1.54, 1.807) is 24.3 Å². The number of phenols is 1. The average Bonchev–Trinajstić information content (AvgIpc) is 2.82. The molecule has 0 aliphatic heterocycles. The topological polar surface area (TPSA) is 126 Å². The number of fused-ring (bicyclic) bond motifs is 1. The van der Waals surface area contributed by atoms with Crippen molar-refractivity contribution in [3.63, 3.8) is 0 Å². The number of aromatic hydroxyl groups is 1. The fraction of sp³-hybridized carbons (Fsp3) is 0.0400. The molecule has 172 valence electrons. The van der Waals surface area contributed by atoms with Crippen LogP contribution < -0.4 is 14.9 Å². The zero-order valence-electron chi connectivity index (χ0n) is 17.4. The molecule has 8 nitrogen and oxygen atoms in total. The molecule has 9 heteroatoms. The number of carboxylic acids is 1. The number of ether oxygens (including phenoxy) is 2. The molecular weight excluding hydrogens is 447 g/mol. The van der Waals surface area contributed by atoms with Gasteiger partial charge in [0.2, 0.25) is 11.5 Å². The highest BCUT2D eigenvalue weighted by Gasteiger charge is 2.24. The second kappa shape index (κ2) is 9.37. The molecule has 0 aliphatic rings. The zero-order chi connectivity index (χ0) is 24.2. The molecule has 3 aromatic carbocycles. The largest absolute Gasteiger partial charge is 0.511 e. The van der Waals surface area contributed by atoms with Crippen molar-refractivity contribution in [3.8, 4) is 28.6 Å².